The van der Waals surface area contributed by atoms with Crippen LogP contribution in [0.25, 0.3) is 0 Å². The van der Waals surface area contributed by atoms with E-state index in [1.165, 1.54) is 5.56 Å². The standard InChI is InChI=1S/C12H13BrCl2/c1-3-12(2,8-13)7-9-4-5-10(14)11(15)6-9/h3-6H,1,7-8H2,2H3. The summed E-state index contributed by atoms with van der Waals surface area (Å²) in [5.41, 5.74) is 1.23. The molecule has 0 bridgehead atoms. The van der Waals surface area contributed by atoms with Crippen molar-refractivity contribution in [3.05, 3.63) is 46.5 Å². The van der Waals surface area contributed by atoms with Crippen LogP contribution in [0.4, 0.5) is 0 Å². The summed E-state index contributed by atoms with van der Waals surface area (Å²) >= 11 is 15.3. The van der Waals surface area contributed by atoms with Crippen molar-refractivity contribution in [3.8, 4) is 0 Å². The molecule has 0 fully saturated rings. The zero-order chi connectivity index (χ0) is 11.5. The molecule has 0 aliphatic heterocycles. The SMILES string of the molecule is C=CC(C)(CBr)Cc1ccc(Cl)c(Cl)c1. The van der Waals surface area contributed by atoms with Gasteiger partial charge >= 0.3 is 0 Å². The van der Waals surface area contributed by atoms with Crippen molar-refractivity contribution in [3.63, 3.8) is 0 Å². The van der Waals surface area contributed by atoms with E-state index < -0.39 is 0 Å². The van der Waals surface area contributed by atoms with E-state index in [1.54, 1.807) is 0 Å². The maximum atomic E-state index is 5.96. The van der Waals surface area contributed by atoms with Crippen molar-refractivity contribution in [1.29, 1.82) is 0 Å². The van der Waals surface area contributed by atoms with E-state index in [0.717, 1.165) is 11.8 Å². The predicted octanol–water partition coefficient (Wildman–Crippen LogP) is 5.12. The van der Waals surface area contributed by atoms with Gasteiger partial charge in [0.1, 0.15) is 0 Å². The van der Waals surface area contributed by atoms with Crippen molar-refractivity contribution in [2.75, 3.05) is 5.33 Å². The molecule has 0 aliphatic rings. The first-order chi connectivity index (χ1) is 7.00. The molecule has 1 atom stereocenters. The molecule has 0 saturated heterocycles. The van der Waals surface area contributed by atoms with Crippen LogP contribution in [0.5, 0.6) is 0 Å². The fraction of sp³-hybridized carbons (Fsp3) is 0.333. The Hall–Kier alpha value is 0.0200. The zero-order valence-electron chi connectivity index (χ0n) is 8.56. The molecule has 0 heterocycles. The van der Waals surface area contributed by atoms with Crippen LogP contribution in [0.2, 0.25) is 10.0 Å². The average molecular weight is 308 g/mol. The molecule has 1 aromatic carbocycles. The molecule has 0 N–H and O–H groups in total. The summed E-state index contributed by atoms with van der Waals surface area (Å²) in [4.78, 5) is 0. The lowest BCUT2D eigenvalue weighted by Crippen LogP contribution is -2.18. The molecule has 0 radical (unpaired) electrons. The van der Waals surface area contributed by atoms with Crippen LogP contribution >= 0.6 is 39.1 Å². The first-order valence-electron chi connectivity index (χ1n) is 4.64. The molecule has 1 unspecified atom stereocenters. The molecular weight excluding hydrogens is 295 g/mol. The van der Waals surface area contributed by atoms with Crippen LogP contribution in [0.3, 0.4) is 0 Å². The van der Waals surface area contributed by atoms with Gasteiger partial charge in [0.2, 0.25) is 0 Å². The maximum Gasteiger partial charge on any atom is 0.0595 e. The second kappa shape index (κ2) is 5.38. The van der Waals surface area contributed by atoms with E-state index in [0.29, 0.717) is 10.0 Å². The predicted molar refractivity (Wildman–Crippen MR) is 72.3 cm³/mol. The van der Waals surface area contributed by atoms with Gasteiger partial charge in [-0.3, -0.25) is 0 Å². The third kappa shape index (κ3) is 3.51. The number of benzene rings is 1. The number of alkyl halides is 1. The normalized spacial score (nSPS) is 14.7. The van der Waals surface area contributed by atoms with Crippen LogP contribution in [0.1, 0.15) is 12.5 Å². The maximum absolute atomic E-state index is 5.96. The van der Waals surface area contributed by atoms with Gasteiger partial charge in [-0.1, -0.05) is 58.2 Å². The number of allylic oxidation sites excluding steroid dienone is 1. The summed E-state index contributed by atoms with van der Waals surface area (Å²) in [6.07, 6.45) is 2.86. The Morgan fingerprint density at radius 1 is 1.40 bits per heavy atom. The molecule has 0 saturated carbocycles. The second-order valence-electron chi connectivity index (χ2n) is 3.92. The van der Waals surface area contributed by atoms with Gasteiger partial charge in [-0.05, 0) is 29.5 Å². The molecule has 0 aromatic heterocycles. The Bertz CT molecular complexity index is 363. The third-order valence-corrected chi connectivity index (χ3v) is 4.41. The van der Waals surface area contributed by atoms with Crippen molar-refractivity contribution in [2.45, 2.75) is 13.3 Å². The minimum absolute atomic E-state index is 0.0527. The summed E-state index contributed by atoms with van der Waals surface area (Å²) < 4.78 is 0. The van der Waals surface area contributed by atoms with E-state index >= 15 is 0 Å². The summed E-state index contributed by atoms with van der Waals surface area (Å²) in [7, 11) is 0. The highest BCUT2D eigenvalue weighted by Crippen LogP contribution is 2.29. The highest BCUT2D eigenvalue weighted by Gasteiger charge is 2.19. The Morgan fingerprint density at radius 2 is 2.07 bits per heavy atom. The number of halogens is 3. The topological polar surface area (TPSA) is 0 Å². The zero-order valence-corrected chi connectivity index (χ0v) is 11.7. The van der Waals surface area contributed by atoms with Crippen molar-refractivity contribution < 1.29 is 0 Å². The van der Waals surface area contributed by atoms with Crippen molar-refractivity contribution in [2.24, 2.45) is 5.41 Å². The monoisotopic (exact) mass is 306 g/mol. The molecule has 15 heavy (non-hydrogen) atoms. The summed E-state index contributed by atoms with van der Waals surface area (Å²) in [6.45, 7) is 6.00. The Morgan fingerprint density at radius 3 is 2.53 bits per heavy atom. The second-order valence-corrected chi connectivity index (χ2v) is 5.29. The van der Waals surface area contributed by atoms with Crippen LogP contribution in [0, 0.1) is 5.41 Å². The molecule has 0 spiro atoms. The van der Waals surface area contributed by atoms with Gasteiger partial charge in [-0.2, -0.15) is 0 Å². The quantitative estimate of drug-likeness (QED) is 0.535. The van der Waals surface area contributed by atoms with Gasteiger partial charge in [-0.15, -0.1) is 6.58 Å². The average Bonchev–Trinajstić information content (AvgIpc) is 2.23. The van der Waals surface area contributed by atoms with Gasteiger partial charge in [0.05, 0.1) is 10.0 Å². The van der Waals surface area contributed by atoms with E-state index in [4.69, 9.17) is 23.2 Å². The largest absolute Gasteiger partial charge is 0.102 e. The number of rotatable bonds is 4. The lowest BCUT2D eigenvalue weighted by atomic mass is 9.86. The lowest BCUT2D eigenvalue weighted by Gasteiger charge is -2.23. The van der Waals surface area contributed by atoms with Crippen LogP contribution in [-0.2, 0) is 6.42 Å². The molecule has 1 aromatic rings. The van der Waals surface area contributed by atoms with Gasteiger partial charge in [-0.25, -0.2) is 0 Å². The Labute approximate surface area is 109 Å². The lowest BCUT2D eigenvalue weighted by molar-refractivity contribution is 0.493. The van der Waals surface area contributed by atoms with Crippen LogP contribution < -0.4 is 0 Å². The van der Waals surface area contributed by atoms with E-state index in [2.05, 4.69) is 29.4 Å². The van der Waals surface area contributed by atoms with E-state index in [9.17, 15) is 0 Å². The molecule has 0 amide bonds. The molecule has 0 nitrogen and oxygen atoms in total. The first-order valence-corrected chi connectivity index (χ1v) is 6.52. The minimum Gasteiger partial charge on any atom is -0.102 e. The smallest absolute Gasteiger partial charge is 0.0595 e. The van der Waals surface area contributed by atoms with Crippen molar-refractivity contribution in [1.82, 2.24) is 0 Å². The van der Waals surface area contributed by atoms with Crippen LogP contribution in [0.15, 0.2) is 30.9 Å². The van der Waals surface area contributed by atoms with Crippen LogP contribution in [-0.4, -0.2) is 5.33 Å². The highest BCUT2D eigenvalue weighted by molar-refractivity contribution is 9.09. The van der Waals surface area contributed by atoms with Gasteiger partial charge < -0.3 is 0 Å². The number of hydrogen-bond donors (Lipinski definition) is 0. The highest BCUT2D eigenvalue weighted by atomic mass is 79.9. The molecule has 1 rings (SSSR count). The minimum atomic E-state index is 0.0527. The summed E-state index contributed by atoms with van der Waals surface area (Å²) in [5.74, 6) is 0. The number of hydrogen-bond acceptors (Lipinski definition) is 0. The molecular formula is C12H13BrCl2. The fourth-order valence-electron chi connectivity index (χ4n) is 1.29. The van der Waals surface area contributed by atoms with Gasteiger partial charge in [0, 0.05) is 5.33 Å². The van der Waals surface area contributed by atoms with E-state index in [-0.39, 0.29) is 5.41 Å². The molecule has 82 valence electrons. The summed E-state index contributed by atoms with van der Waals surface area (Å²) in [6, 6.07) is 5.74. The van der Waals surface area contributed by atoms with Gasteiger partial charge in [0.15, 0.2) is 0 Å². The summed E-state index contributed by atoms with van der Waals surface area (Å²) in [5, 5.41) is 2.08. The Kier molecular flexibility index (Phi) is 4.69. The first kappa shape index (κ1) is 13.1. The van der Waals surface area contributed by atoms with Crippen molar-refractivity contribution >= 4 is 39.1 Å². The van der Waals surface area contributed by atoms with E-state index in [1.807, 2.05) is 24.3 Å². The Balaban J connectivity index is 2.89. The third-order valence-electron chi connectivity index (χ3n) is 2.39. The molecule has 0 aliphatic carbocycles. The van der Waals surface area contributed by atoms with Gasteiger partial charge in [0.25, 0.3) is 0 Å². The fourth-order valence-corrected chi connectivity index (χ4v) is 2.04. The molecule has 3 heteroatoms.